The minimum atomic E-state index is -0.0806. The fourth-order valence-electron chi connectivity index (χ4n) is 4.63. The van der Waals surface area contributed by atoms with Crippen LogP contribution in [0.25, 0.3) is 11.4 Å². The van der Waals surface area contributed by atoms with Crippen molar-refractivity contribution in [3.63, 3.8) is 0 Å². The van der Waals surface area contributed by atoms with Crippen LogP contribution in [0.5, 0.6) is 5.75 Å². The van der Waals surface area contributed by atoms with Crippen LogP contribution in [0.3, 0.4) is 0 Å². The first-order valence-corrected chi connectivity index (χ1v) is 12.4. The van der Waals surface area contributed by atoms with Gasteiger partial charge in [0.25, 0.3) is 5.91 Å². The Bertz CT molecular complexity index is 1150. The molecule has 2 fully saturated rings. The van der Waals surface area contributed by atoms with Crippen molar-refractivity contribution in [2.75, 3.05) is 39.5 Å². The Morgan fingerprint density at radius 3 is 2.71 bits per heavy atom. The molecular formula is C27H29ClN4O3. The van der Waals surface area contributed by atoms with Gasteiger partial charge in [-0.05, 0) is 48.7 Å². The van der Waals surface area contributed by atoms with Gasteiger partial charge < -0.3 is 14.4 Å². The maximum absolute atomic E-state index is 13.1. The van der Waals surface area contributed by atoms with E-state index in [1.807, 2.05) is 47.4 Å². The second-order valence-electron chi connectivity index (χ2n) is 8.88. The monoisotopic (exact) mass is 492 g/mol. The lowest BCUT2D eigenvalue weighted by Gasteiger charge is -2.26. The van der Waals surface area contributed by atoms with Crippen molar-refractivity contribution in [3.8, 4) is 17.1 Å². The van der Waals surface area contributed by atoms with E-state index in [4.69, 9.17) is 26.1 Å². The molecule has 0 bridgehead atoms. The highest BCUT2D eigenvalue weighted by atomic mass is 35.5. The molecule has 3 aromatic rings. The highest BCUT2D eigenvalue weighted by Crippen LogP contribution is 2.32. The van der Waals surface area contributed by atoms with E-state index in [-0.39, 0.29) is 18.6 Å². The lowest BCUT2D eigenvalue weighted by molar-refractivity contribution is -0.134. The number of likely N-dealkylation sites (tertiary alicyclic amines) is 1. The van der Waals surface area contributed by atoms with E-state index in [0.717, 1.165) is 56.9 Å². The van der Waals surface area contributed by atoms with Crippen LogP contribution in [0.1, 0.15) is 30.1 Å². The van der Waals surface area contributed by atoms with Crippen LogP contribution in [-0.4, -0.2) is 65.1 Å². The SMILES string of the molecule is O=C(COc1ccc(CN2CCOCC2)cc1)N1CCCC1c1ccnc(-c2cccc(Cl)c2)n1. The molecule has 1 unspecified atom stereocenters. The minimum absolute atomic E-state index is 0.00550. The zero-order chi connectivity index (χ0) is 24.0. The third kappa shape index (κ3) is 5.99. The fourth-order valence-corrected chi connectivity index (χ4v) is 4.82. The number of ether oxygens (including phenoxy) is 2. The zero-order valence-electron chi connectivity index (χ0n) is 19.6. The molecule has 182 valence electrons. The molecule has 7 nitrogen and oxygen atoms in total. The molecule has 0 radical (unpaired) electrons. The topological polar surface area (TPSA) is 67.8 Å². The van der Waals surface area contributed by atoms with Gasteiger partial charge in [0.1, 0.15) is 5.75 Å². The molecule has 3 heterocycles. The summed E-state index contributed by atoms with van der Waals surface area (Å²) in [5.41, 5.74) is 2.92. The van der Waals surface area contributed by atoms with E-state index in [9.17, 15) is 4.79 Å². The van der Waals surface area contributed by atoms with Crippen LogP contribution in [0.2, 0.25) is 5.02 Å². The standard InChI is InChI=1S/C27H29ClN4O3/c28-22-4-1-3-21(17-22)27-29-11-10-24(30-27)25-5-2-12-32(25)26(33)19-35-23-8-6-20(7-9-23)18-31-13-15-34-16-14-31/h1,3-4,6-11,17,25H,2,5,12-16,18-19H2. The van der Waals surface area contributed by atoms with Gasteiger partial charge in [-0.3, -0.25) is 9.69 Å². The first-order valence-electron chi connectivity index (χ1n) is 12.1. The van der Waals surface area contributed by atoms with Gasteiger partial charge in [-0.25, -0.2) is 9.97 Å². The molecule has 5 rings (SSSR count). The summed E-state index contributed by atoms with van der Waals surface area (Å²) in [5, 5.41) is 0.639. The Morgan fingerprint density at radius 2 is 1.91 bits per heavy atom. The number of benzene rings is 2. The van der Waals surface area contributed by atoms with Gasteiger partial charge in [0.2, 0.25) is 0 Å². The van der Waals surface area contributed by atoms with Crippen LogP contribution < -0.4 is 4.74 Å². The first kappa shape index (κ1) is 23.7. The van der Waals surface area contributed by atoms with Crippen LogP contribution in [0.15, 0.2) is 60.8 Å². The number of morpholine rings is 1. The number of rotatable bonds is 7. The maximum Gasteiger partial charge on any atom is 0.261 e. The Morgan fingerprint density at radius 1 is 1.09 bits per heavy atom. The van der Waals surface area contributed by atoms with Crippen LogP contribution in [0, 0.1) is 0 Å². The molecule has 2 aliphatic heterocycles. The summed E-state index contributed by atoms with van der Waals surface area (Å²) < 4.78 is 11.3. The minimum Gasteiger partial charge on any atom is -0.484 e. The van der Waals surface area contributed by atoms with Crippen molar-refractivity contribution in [1.82, 2.24) is 19.8 Å². The normalized spacial score (nSPS) is 18.5. The molecule has 0 aliphatic carbocycles. The van der Waals surface area contributed by atoms with Crippen LogP contribution in [0.4, 0.5) is 0 Å². The van der Waals surface area contributed by atoms with Crippen molar-refractivity contribution in [1.29, 1.82) is 0 Å². The summed E-state index contributed by atoms with van der Waals surface area (Å²) in [6.07, 6.45) is 3.55. The number of nitrogens with zero attached hydrogens (tertiary/aromatic N) is 4. The summed E-state index contributed by atoms with van der Waals surface area (Å²) >= 11 is 6.14. The van der Waals surface area contributed by atoms with Crippen molar-refractivity contribution in [2.45, 2.75) is 25.4 Å². The fraction of sp³-hybridized carbons (Fsp3) is 0.370. The van der Waals surface area contributed by atoms with Crippen molar-refractivity contribution < 1.29 is 14.3 Å². The second kappa shape index (κ2) is 11.2. The third-order valence-electron chi connectivity index (χ3n) is 6.47. The lowest BCUT2D eigenvalue weighted by atomic mass is 10.1. The smallest absolute Gasteiger partial charge is 0.261 e. The van der Waals surface area contributed by atoms with Crippen LogP contribution >= 0.6 is 11.6 Å². The molecule has 1 aromatic heterocycles. The first-order chi connectivity index (χ1) is 17.2. The average Bonchev–Trinajstić information content (AvgIpc) is 3.39. The van der Waals surface area contributed by atoms with Gasteiger partial charge in [0, 0.05) is 43.0 Å². The number of halogens is 1. The molecule has 2 saturated heterocycles. The van der Waals surface area contributed by atoms with Crippen LogP contribution in [-0.2, 0) is 16.1 Å². The summed E-state index contributed by atoms with van der Waals surface area (Å²) in [5.74, 6) is 1.27. The molecular weight excluding hydrogens is 464 g/mol. The quantitative estimate of drug-likeness (QED) is 0.488. The third-order valence-corrected chi connectivity index (χ3v) is 6.71. The Hall–Kier alpha value is -3.00. The molecule has 1 amide bonds. The summed E-state index contributed by atoms with van der Waals surface area (Å²) in [7, 11) is 0. The Balaban J connectivity index is 1.19. The number of hydrogen-bond donors (Lipinski definition) is 0. The molecule has 8 heteroatoms. The summed E-state index contributed by atoms with van der Waals surface area (Å²) in [6, 6.07) is 17.3. The van der Waals surface area contributed by atoms with Gasteiger partial charge in [-0.1, -0.05) is 35.9 Å². The van der Waals surface area contributed by atoms with Gasteiger partial charge in [0.05, 0.1) is 24.9 Å². The highest BCUT2D eigenvalue weighted by molar-refractivity contribution is 6.30. The molecule has 2 aromatic carbocycles. The van der Waals surface area contributed by atoms with Gasteiger partial charge in [0.15, 0.2) is 12.4 Å². The number of carbonyl (C=O) groups is 1. The zero-order valence-corrected chi connectivity index (χ0v) is 20.4. The predicted molar refractivity (Wildman–Crippen MR) is 134 cm³/mol. The Kier molecular flexibility index (Phi) is 7.57. The molecule has 0 N–H and O–H groups in total. The molecule has 0 saturated carbocycles. The van der Waals surface area contributed by atoms with Gasteiger partial charge >= 0.3 is 0 Å². The molecule has 2 aliphatic rings. The van der Waals surface area contributed by atoms with E-state index in [0.29, 0.717) is 23.1 Å². The molecule has 35 heavy (non-hydrogen) atoms. The van der Waals surface area contributed by atoms with Gasteiger partial charge in [-0.15, -0.1) is 0 Å². The number of aromatic nitrogens is 2. The number of carbonyl (C=O) groups excluding carboxylic acids is 1. The van der Waals surface area contributed by atoms with E-state index in [1.165, 1.54) is 5.56 Å². The molecule has 0 spiro atoms. The van der Waals surface area contributed by atoms with E-state index < -0.39 is 0 Å². The average molecular weight is 493 g/mol. The Labute approximate surface area is 210 Å². The van der Waals surface area contributed by atoms with Gasteiger partial charge in [-0.2, -0.15) is 0 Å². The van der Waals surface area contributed by atoms with Crippen molar-refractivity contribution >= 4 is 17.5 Å². The van der Waals surface area contributed by atoms with Crippen molar-refractivity contribution in [3.05, 3.63) is 77.1 Å². The number of hydrogen-bond acceptors (Lipinski definition) is 6. The summed E-state index contributed by atoms with van der Waals surface area (Å²) in [6.45, 7) is 5.09. The van der Waals surface area contributed by atoms with E-state index in [2.05, 4.69) is 22.0 Å². The summed E-state index contributed by atoms with van der Waals surface area (Å²) in [4.78, 5) is 26.5. The maximum atomic E-state index is 13.1. The highest BCUT2D eigenvalue weighted by Gasteiger charge is 2.31. The number of amides is 1. The van der Waals surface area contributed by atoms with E-state index >= 15 is 0 Å². The predicted octanol–water partition coefficient (Wildman–Crippen LogP) is 4.37. The second-order valence-corrected chi connectivity index (χ2v) is 9.32. The van der Waals surface area contributed by atoms with E-state index in [1.54, 1.807) is 6.20 Å². The van der Waals surface area contributed by atoms with Crippen molar-refractivity contribution in [2.24, 2.45) is 0 Å². The largest absolute Gasteiger partial charge is 0.484 e. The molecule has 1 atom stereocenters. The lowest BCUT2D eigenvalue weighted by Crippen LogP contribution is -2.35.